The van der Waals surface area contributed by atoms with E-state index in [1.165, 1.54) is 5.56 Å². The lowest BCUT2D eigenvalue weighted by atomic mass is 10.1. The number of esters is 1. The number of carbonyl (C=O) groups excluding carboxylic acids is 1. The second kappa shape index (κ2) is 7.01. The number of rotatable bonds is 6. The first-order valence-corrected chi connectivity index (χ1v) is 5.68. The van der Waals surface area contributed by atoms with Gasteiger partial charge in [0.25, 0.3) is 0 Å². The van der Waals surface area contributed by atoms with Crippen molar-refractivity contribution in [1.82, 2.24) is 5.32 Å². The van der Waals surface area contributed by atoms with Crippen molar-refractivity contribution >= 4 is 5.97 Å². The molecule has 0 aliphatic heterocycles. The van der Waals surface area contributed by atoms with E-state index in [0.717, 1.165) is 19.4 Å². The van der Waals surface area contributed by atoms with E-state index in [4.69, 9.17) is 4.74 Å². The van der Waals surface area contributed by atoms with Gasteiger partial charge in [0.1, 0.15) is 0 Å². The van der Waals surface area contributed by atoms with E-state index in [1.54, 1.807) is 6.07 Å². The fourth-order valence-electron chi connectivity index (χ4n) is 1.54. The quantitative estimate of drug-likeness (QED) is 0.590. The number of hydrogen-bond donors (Lipinski definition) is 1. The smallest absolute Gasteiger partial charge is 0.338 e. The fraction of sp³-hybridized carbons (Fsp3) is 0.462. The Bertz CT molecular complexity index is 336. The van der Waals surface area contributed by atoms with E-state index in [2.05, 4.69) is 5.32 Å². The highest BCUT2D eigenvalue weighted by Crippen LogP contribution is 2.08. The Kier molecular flexibility index (Phi) is 5.57. The van der Waals surface area contributed by atoms with Crippen molar-refractivity contribution in [2.75, 3.05) is 20.2 Å². The minimum absolute atomic E-state index is 0.238. The van der Waals surface area contributed by atoms with Crippen molar-refractivity contribution in [1.29, 1.82) is 0 Å². The van der Waals surface area contributed by atoms with Crippen LogP contribution in [0.25, 0.3) is 0 Å². The summed E-state index contributed by atoms with van der Waals surface area (Å²) in [5.74, 6) is -0.238. The summed E-state index contributed by atoms with van der Waals surface area (Å²) in [6, 6.07) is 7.65. The molecule has 0 aromatic heterocycles. The molecule has 0 saturated heterocycles. The van der Waals surface area contributed by atoms with Crippen LogP contribution >= 0.6 is 0 Å². The molecule has 1 aromatic rings. The lowest BCUT2D eigenvalue weighted by Gasteiger charge is -2.05. The van der Waals surface area contributed by atoms with E-state index in [-0.39, 0.29) is 5.97 Å². The molecule has 0 aliphatic carbocycles. The maximum absolute atomic E-state index is 11.5. The molecule has 88 valence electrons. The Morgan fingerprint density at radius 2 is 2.25 bits per heavy atom. The summed E-state index contributed by atoms with van der Waals surface area (Å²) in [5, 5.41) is 3.10. The summed E-state index contributed by atoms with van der Waals surface area (Å²) < 4.78 is 4.96. The molecule has 3 heteroatoms. The van der Waals surface area contributed by atoms with Crippen LogP contribution in [0, 0.1) is 0 Å². The number of nitrogens with one attached hydrogen (secondary N) is 1. The Labute approximate surface area is 96.8 Å². The molecule has 1 aromatic carbocycles. The number of hydrogen-bond acceptors (Lipinski definition) is 3. The molecule has 16 heavy (non-hydrogen) atoms. The first kappa shape index (κ1) is 12.7. The molecule has 0 fully saturated rings. The lowest BCUT2D eigenvalue weighted by Crippen LogP contribution is -2.09. The van der Waals surface area contributed by atoms with Crippen LogP contribution in [0.2, 0.25) is 0 Å². The predicted molar refractivity (Wildman–Crippen MR) is 64.6 cm³/mol. The van der Waals surface area contributed by atoms with Crippen LogP contribution in [0.15, 0.2) is 24.3 Å². The van der Waals surface area contributed by atoms with Gasteiger partial charge in [-0.15, -0.1) is 0 Å². The molecule has 1 rings (SSSR count). The van der Waals surface area contributed by atoms with Crippen molar-refractivity contribution in [3.8, 4) is 0 Å². The molecule has 0 bridgehead atoms. The van der Waals surface area contributed by atoms with Crippen LogP contribution in [-0.2, 0) is 11.2 Å². The fourth-order valence-corrected chi connectivity index (χ4v) is 1.54. The first-order valence-electron chi connectivity index (χ1n) is 5.68. The normalized spacial score (nSPS) is 10.1. The maximum Gasteiger partial charge on any atom is 0.338 e. The van der Waals surface area contributed by atoms with Gasteiger partial charge in [-0.2, -0.15) is 0 Å². The van der Waals surface area contributed by atoms with Gasteiger partial charge in [0, 0.05) is 0 Å². The highest BCUT2D eigenvalue weighted by molar-refractivity contribution is 5.89. The van der Waals surface area contributed by atoms with E-state index >= 15 is 0 Å². The monoisotopic (exact) mass is 221 g/mol. The zero-order valence-corrected chi connectivity index (χ0v) is 9.95. The van der Waals surface area contributed by atoms with Gasteiger partial charge in [0.05, 0.1) is 12.2 Å². The molecule has 1 N–H and O–H groups in total. The van der Waals surface area contributed by atoms with Crippen LogP contribution in [0.5, 0.6) is 0 Å². The zero-order valence-electron chi connectivity index (χ0n) is 9.95. The van der Waals surface area contributed by atoms with Gasteiger partial charge in [-0.25, -0.2) is 4.79 Å². The van der Waals surface area contributed by atoms with Crippen molar-refractivity contribution in [3.05, 3.63) is 35.4 Å². The molecule has 3 nitrogen and oxygen atoms in total. The van der Waals surface area contributed by atoms with Gasteiger partial charge in [-0.05, 0) is 51.1 Å². The zero-order chi connectivity index (χ0) is 11.8. The second-order valence-corrected chi connectivity index (χ2v) is 3.63. The summed E-state index contributed by atoms with van der Waals surface area (Å²) in [7, 11) is 1.94. The number of benzene rings is 1. The van der Waals surface area contributed by atoms with Gasteiger partial charge in [0.2, 0.25) is 0 Å². The molecule has 0 atom stereocenters. The van der Waals surface area contributed by atoms with Crippen LogP contribution in [0.1, 0.15) is 29.3 Å². The predicted octanol–water partition coefficient (Wildman–Crippen LogP) is 2.02. The van der Waals surface area contributed by atoms with E-state index in [1.807, 2.05) is 32.2 Å². The maximum atomic E-state index is 11.5. The standard InChI is InChI=1S/C13H19NO2/c1-3-16-13(15)12-8-4-6-11(10-12)7-5-9-14-2/h4,6,8,10,14H,3,5,7,9H2,1-2H3. The summed E-state index contributed by atoms with van der Waals surface area (Å²) >= 11 is 0. The molecule has 0 radical (unpaired) electrons. The second-order valence-electron chi connectivity index (χ2n) is 3.63. The Balaban J connectivity index is 2.60. The molecular formula is C13H19NO2. The minimum atomic E-state index is -0.238. The van der Waals surface area contributed by atoms with Crippen LogP contribution in [0.3, 0.4) is 0 Å². The van der Waals surface area contributed by atoms with E-state index < -0.39 is 0 Å². The average molecular weight is 221 g/mol. The van der Waals surface area contributed by atoms with Crippen LogP contribution in [-0.4, -0.2) is 26.2 Å². The van der Waals surface area contributed by atoms with Crippen molar-refractivity contribution in [2.45, 2.75) is 19.8 Å². The molecule has 0 heterocycles. The molecule has 0 amide bonds. The van der Waals surface area contributed by atoms with Gasteiger partial charge < -0.3 is 10.1 Å². The van der Waals surface area contributed by atoms with Crippen molar-refractivity contribution < 1.29 is 9.53 Å². The summed E-state index contributed by atoms with van der Waals surface area (Å²) in [6.45, 7) is 3.22. The molecular weight excluding hydrogens is 202 g/mol. The third kappa shape index (κ3) is 4.03. The van der Waals surface area contributed by atoms with Gasteiger partial charge >= 0.3 is 5.97 Å². The minimum Gasteiger partial charge on any atom is -0.462 e. The van der Waals surface area contributed by atoms with Crippen LogP contribution < -0.4 is 5.32 Å². The Morgan fingerprint density at radius 3 is 2.94 bits per heavy atom. The van der Waals surface area contributed by atoms with Crippen molar-refractivity contribution in [3.63, 3.8) is 0 Å². The number of carbonyl (C=O) groups is 1. The largest absolute Gasteiger partial charge is 0.462 e. The molecule has 0 spiro atoms. The number of aryl methyl sites for hydroxylation is 1. The molecule has 0 unspecified atom stereocenters. The summed E-state index contributed by atoms with van der Waals surface area (Å²) in [6.07, 6.45) is 2.05. The Hall–Kier alpha value is -1.35. The third-order valence-corrected chi connectivity index (χ3v) is 2.33. The topological polar surface area (TPSA) is 38.3 Å². The molecule has 0 saturated carbocycles. The summed E-state index contributed by atoms with van der Waals surface area (Å²) in [4.78, 5) is 11.5. The SMILES string of the molecule is CCOC(=O)c1cccc(CCCNC)c1. The van der Waals surface area contributed by atoms with Crippen LogP contribution in [0.4, 0.5) is 0 Å². The third-order valence-electron chi connectivity index (χ3n) is 2.33. The van der Waals surface area contributed by atoms with Crippen molar-refractivity contribution in [2.24, 2.45) is 0 Å². The van der Waals surface area contributed by atoms with E-state index in [9.17, 15) is 4.79 Å². The highest BCUT2D eigenvalue weighted by atomic mass is 16.5. The number of ether oxygens (including phenoxy) is 1. The molecule has 0 aliphatic rings. The first-order chi connectivity index (χ1) is 7.77. The van der Waals surface area contributed by atoms with E-state index in [0.29, 0.717) is 12.2 Å². The van der Waals surface area contributed by atoms with Gasteiger partial charge in [-0.1, -0.05) is 12.1 Å². The highest BCUT2D eigenvalue weighted by Gasteiger charge is 2.06. The van der Waals surface area contributed by atoms with Gasteiger partial charge in [0.15, 0.2) is 0 Å². The summed E-state index contributed by atoms with van der Waals surface area (Å²) in [5.41, 5.74) is 1.82. The van der Waals surface area contributed by atoms with Gasteiger partial charge in [-0.3, -0.25) is 0 Å². The lowest BCUT2D eigenvalue weighted by molar-refractivity contribution is 0.0526. The average Bonchev–Trinajstić information content (AvgIpc) is 2.30. The Morgan fingerprint density at radius 1 is 1.44 bits per heavy atom.